The van der Waals surface area contributed by atoms with Crippen LogP contribution >= 0.6 is 11.6 Å². The molecule has 0 unspecified atom stereocenters. The molecule has 1 heterocycles. The van der Waals surface area contributed by atoms with Crippen molar-refractivity contribution in [1.82, 2.24) is 15.4 Å². The fourth-order valence-electron chi connectivity index (χ4n) is 1.44. The highest BCUT2D eigenvalue weighted by atomic mass is 35.5. The summed E-state index contributed by atoms with van der Waals surface area (Å²) in [5.74, 6) is 0.780. The molecule has 20 heavy (non-hydrogen) atoms. The average Bonchev–Trinajstić information content (AvgIpc) is 2.24. The number of carbonyl (C=O) groups is 1. The van der Waals surface area contributed by atoms with Gasteiger partial charge in [0.1, 0.15) is 10.8 Å². The molecule has 1 N–H and O–H groups in total. The van der Waals surface area contributed by atoms with Gasteiger partial charge in [-0.1, -0.05) is 25.4 Å². The minimum Gasteiger partial charge on any atom is -0.443 e. The number of carbonyl (C=O) groups excluding carboxylic acids is 1. The van der Waals surface area contributed by atoms with Crippen molar-refractivity contribution in [3.63, 3.8) is 0 Å². The molecule has 0 bridgehead atoms. The first kappa shape index (κ1) is 16.5. The molecule has 1 rings (SSSR count). The van der Waals surface area contributed by atoms with Crippen molar-refractivity contribution < 1.29 is 9.53 Å². The first-order valence-electron chi connectivity index (χ1n) is 6.42. The van der Waals surface area contributed by atoms with Gasteiger partial charge in [-0.3, -0.25) is 9.99 Å². The van der Waals surface area contributed by atoms with E-state index in [4.69, 9.17) is 16.3 Å². The maximum Gasteiger partial charge on any atom is 0.426 e. The molecule has 0 spiro atoms. The molecule has 0 saturated carbocycles. The first-order valence-corrected chi connectivity index (χ1v) is 6.80. The van der Waals surface area contributed by atoms with Crippen LogP contribution in [-0.2, 0) is 4.74 Å². The third-order valence-electron chi connectivity index (χ3n) is 2.04. The topological polar surface area (TPSA) is 67.4 Å². The second-order valence-corrected chi connectivity index (χ2v) is 6.21. The van der Waals surface area contributed by atoms with Gasteiger partial charge in [-0.05, 0) is 26.7 Å². The highest BCUT2D eigenvalue weighted by molar-refractivity contribution is 6.29. The Morgan fingerprint density at radius 2 is 2.10 bits per heavy atom. The van der Waals surface area contributed by atoms with Crippen molar-refractivity contribution in [2.45, 2.75) is 40.2 Å². The maximum atomic E-state index is 11.9. The minimum atomic E-state index is -0.562. The summed E-state index contributed by atoms with van der Waals surface area (Å²) >= 11 is 5.82. The van der Waals surface area contributed by atoms with Crippen LogP contribution in [0.15, 0.2) is 12.4 Å². The molecule has 0 aliphatic rings. The lowest BCUT2D eigenvalue weighted by molar-refractivity contribution is 0.0519. The molecule has 0 aliphatic carbocycles. The Bertz CT molecular complexity index is 460. The fraction of sp³-hybridized carbons (Fsp3) is 0.615. The summed E-state index contributed by atoms with van der Waals surface area (Å²) in [4.78, 5) is 20.0. The standard InChI is InChI=1S/C13H21ClN4O2/c1-9(2)8-18(11-7-15-6-10(14)16-11)17-12(19)20-13(3,4)5/h6-7,9H,8H2,1-5H3,(H,17,19). The molecule has 1 aromatic heterocycles. The number of rotatable bonds is 4. The molecule has 1 amide bonds. The van der Waals surface area contributed by atoms with Crippen LogP contribution in [-0.4, -0.2) is 28.2 Å². The van der Waals surface area contributed by atoms with Gasteiger partial charge in [-0.25, -0.2) is 15.2 Å². The molecule has 0 saturated heterocycles. The Balaban J connectivity index is 2.82. The summed E-state index contributed by atoms with van der Waals surface area (Å²) in [6.07, 6.45) is 2.43. The number of hydrogen-bond donors (Lipinski definition) is 1. The monoisotopic (exact) mass is 300 g/mol. The number of anilines is 1. The summed E-state index contributed by atoms with van der Waals surface area (Å²) in [6.45, 7) is 10.0. The predicted molar refractivity (Wildman–Crippen MR) is 78.6 cm³/mol. The summed E-state index contributed by atoms with van der Waals surface area (Å²) in [5, 5.41) is 1.85. The quantitative estimate of drug-likeness (QED) is 0.866. The lowest BCUT2D eigenvalue weighted by Crippen LogP contribution is -2.47. The molecule has 1 aromatic rings. The zero-order valence-electron chi connectivity index (χ0n) is 12.5. The van der Waals surface area contributed by atoms with E-state index in [9.17, 15) is 4.79 Å². The van der Waals surface area contributed by atoms with Gasteiger partial charge in [0.2, 0.25) is 0 Å². The second-order valence-electron chi connectivity index (χ2n) is 5.82. The molecule has 0 aliphatic heterocycles. The van der Waals surface area contributed by atoms with Crippen LogP contribution in [0.2, 0.25) is 5.15 Å². The van der Waals surface area contributed by atoms with E-state index in [1.807, 2.05) is 13.8 Å². The summed E-state index contributed by atoms with van der Waals surface area (Å²) < 4.78 is 5.23. The van der Waals surface area contributed by atoms with Gasteiger partial charge in [-0.15, -0.1) is 0 Å². The van der Waals surface area contributed by atoms with Crippen LogP contribution < -0.4 is 10.4 Å². The van der Waals surface area contributed by atoms with Crippen molar-refractivity contribution in [3.05, 3.63) is 17.5 Å². The Labute approximate surface area is 124 Å². The number of aromatic nitrogens is 2. The third kappa shape index (κ3) is 6.06. The Kier molecular flexibility index (Phi) is 5.56. The number of amides is 1. The van der Waals surface area contributed by atoms with Crippen molar-refractivity contribution in [2.24, 2.45) is 5.92 Å². The zero-order chi connectivity index (χ0) is 15.3. The highest BCUT2D eigenvalue weighted by Gasteiger charge is 2.20. The SMILES string of the molecule is CC(C)CN(NC(=O)OC(C)(C)C)c1cncc(Cl)n1. The highest BCUT2D eigenvalue weighted by Crippen LogP contribution is 2.13. The van der Waals surface area contributed by atoms with Crippen molar-refractivity contribution in [2.75, 3.05) is 11.6 Å². The lowest BCUT2D eigenvalue weighted by Gasteiger charge is -2.27. The van der Waals surface area contributed by atoms with Crippen LogP contribution in [0.1, 0.15) is 34.6 Å². The molecule has 0 radical (unpaired) electrons. The Hall–Kier alpha value is -1.56. The molecule has 6 nitrogen and oxygen atoms in total. The fourth-order valence-corrected chi connectivity index (χ4v) is 1.58. The van der Waals surface area contributed by atoms with Gasteiger partial charge in [-0.2, -0.15) is 0 Å². The van der Waals surface area contributed by atoms with E-state index < -0.39 is 11.7 Å². The van der Waals surface area contributed by atoms with Gasteiger partial charge >= 0.3 is 6.09 Å². The van der Waals surface area contributed by atoms with E-state index in [1.54, 1.807) is 25.8 Å². The zero-order valence-corrected chi connectivity index (χ0v) is 13.2. The molecular weight excluding hydrogens is 280 g/mol. The largest absolute Gasteiger partial charge is 0.443 e. The second kappa shape index (κ2) is 6.74. The number of hydrogen-bond acceptors (Lipinski definition) is 5. The van der Waals surface area contributed by atoms with Gasteiger partial charge < -0.3 is 4.74 Å². The molecular formula is C13H21ClN4O2. The Morgan fingerprint density at radius 1 is 1.45 bits per heavy atom. The van der Waals surface area contributed by atoms with Crippen molar-refractivity contribution in [1.29, 1.82) is 0 Å². The van der Waals surface area contributed by atoms with Crippen LogP contribution in [0.5, 0.6) is 0 Å². The number of ether oxygens (including phenoxy) is 1. The number of nitrogens with one attached hydrogen (secondary N) is 1. The van der Waals surface area contributed by atoms with E-state index in [1.165, 1.54) is 12.4 Å². The summed E-state index contributed by atoms with van der Waals surface area (Å²) in [7, 11) is 0. The molecule has 0 atom stereocenters. The summed E-state index contributed by atoms with van der Waals surface area (Å²) in [5.41, 5.74) is 2.10. The third-order valence-corrected chi connectivity index (χ3v) is 2.22. The Morgan fingerprint density at radius 3 is 2.60 bits per heavy atom. The molecule has 0 fully saturated rings. The number of halogens is 1. The van der Waals surface area contributed by atoms with E-state index in [0.717, 1.165) is 0 Å². The van der Waals surface area contributed by atoms with Crippen LogP contribution in [0.25, 0.3) is 0 Å². The van der Waals surface area contributed by atoms with E-state index in [0.29, 0.717) is 18.3 Å². The van der Waals surface area contributed by atoms with Crippen molar-refractivity contribution in [3.8, 4) is 0 Å². The smallest absolute Gasteiger partial charge is 0.426 e. The van der Waals surface area contributed by atoms with E-state index >= 15 is 0 Å². The maximum absolute atomic E-state index is 11.9. The molecule has 7 heteroatoms. The van der Waals surface area contributed by atoms with Gasteiger partial charge in [0.05, 0.1) is 12.4 Å². The lowest BCUT2D eigenvalue weighted by atomic mass is 10.2. The molecule has 0 aromatic carbocycles. The summed E-state index contributed by atoms with van der Waals surface area (Å²) in [6, 6.07) is 0. The van der Waals surface area contributed by atoms with Gasteiger partial charge in [0.25, 0.3) is 0 Å². The number of nitrogens with zero attached hydrogens (tertiary/aromatic N) is 3. The minimum absolute atomic E-state index is 0.266. The molecule has 112 valence electrons. The van der Waals surface area contributed by atoms with Gasteiger partial charge in [0, 0.05) is 6.54 Å². The normalized spacial score (nSPS) is 11.3. The van der Waals surface area contributed by atoms with E-state index in [2.05, 4.69) is 15.4 Å². The first-order chi connectivity index (χ1) is 9.17. The van der Waals surface area contributed by atoms with Gasteiger partial charge in [0.15, 0.2) is 5.82 Å². The average molecular weight is 301 g/mol. The van der Waals surface area contributed by atoms with Crippen LogP contribution in [0.4, 0.5) is 10.6 Å². The number of hydrazine groups is 1. The van der Waals surface area contributed by atoms with Crippen molar-refractivity contribution >= 4 is 23.5 Å². The predicted octanol–water partition coefficient (Wildman–Crippen LogP) is 3.03. The van der Waals surface area contributed by atoms with E-state index in [-0.39, 0.29) is 5.15 Å². The van der Waals surface area contributed by atoms with Crippen LogP contribution in [0.3, 0.4) is 0 Å². The van der Waals surface area contributed by atoms with Crippen LogP contribution in [0, 0.1) is 5.92 Å².